The summed E-state index contributed by atoms with van der Waals surface area (Å²) in [6, 6.07) is 9.83. The third-order valence-corrected chi connectivity index (χ3v) is 5.88. The summed E-state index contributed by atoms with van der Waals surface area (Å²) in [5, 5.41) is 0. The van der Waals surface area contributed by atoms with E-state index in [-0.39, 0.29) is 24.3 Å². The van der Waals surface area contributed by atoms with Crippen molar-refractivity contribution in [2.24, 2.45) is 11.3 Å². The van der Waals surface area contributed by atoms with E-state index in [1.165, 1.54) is 0 Å². The molecule has 1 atom stereocenters. The molecule has 2 heterocycles. The van der Waals surface area contributed by atoms with Gasteiger partial charge in [0.1, 0.15) is 5.92 Å². The van der Waals surface area contributed by atoms with Gasteiger partial charge in [-0.05, 0) is 32.6 Å². The van der Waals surface area contributed by atoms with Crippen LogP contribution in [0, 0.1) is 11.3 Å². The minimum absolute atomic E-state index is 0.0492. The van der Waals surface area contributed by atoms with Gasteiger partial charge in [-0.1, -0.05) is 37.3 Å². The van der Waals surface area contributed by atoms with Gasteiger partial charge in [-0.3, -0.25) is 9.69 Å². The van der Waals surface area contributed by atoms with E-state index in [2.05, 4.69) is 11.8 Å². The number of halogens is 2. The number of carbonyl (C=O) groups is 1. The highest BCUT2D eigenvalue weighted by Gasteiger charge is 2.52. The standard InChI is InChI=1S/C21H31F2N3O/c1-20(9-11-24(2)3)15-26(16-20)19(27)18-14-25(12-10-21(18,22)23)13-17-7-5-4-6-8-17/h4-8,18H,9-16H2,1-3H3. The molecule has 6 heteroatoms. The fraction of sp³-hybridized carbons (Fsp3) is 0.667. The van der Waals surface area contributed by atoms with Crippen molar-refractivity contribution in [2.75, 3.05) is 46.8 Å². The predicted molar refractivity (Wildman–Crippen MR) is 103 cm³/mol. The molecule has 1 unspecified atom stereocenters. The van der Waals surface area contributed by atoms with Crippen LogP contribution in [0.3, 0.4) is 0 Å². The minimum atomic E-state index is -2.92. The summed E-state index contributed by atoms with van der Waals surface area (Å²) >= 11 is 0. The molecule has 1 aromatic rings. The molecule has 2 saturated heterocycles. The Morgan fingerprint density at radius 3 is 2.52 bits per heavy atom. The number of amides is 1. The van der Waals surface area contributed by atoms with Gasteiger partial charge in [0.2, 0.25) is 5.91 Å². The number of hydrogen-bond acceptors (Lipinski definition) is 3. The number of carbonyl (C=O) groups excluding carboxylic acids is 1. The van der Waals surface area contributed by atoms with Crippen LogP contribution in [0.1, 0.15) is 25.3 Å². The number of benzene rings is 1. The Bertz CT molecular complexity index is 644. The van der Waals surface area contributed by atoms with Crippen LogP contribution in [0.4, 0.5) is 8.78 Å². The zero-order valence-electron chi connectivity index (χ0n) is 16.6. The Hall–Kier alpha value is -1.53. The van der Waals surface area contributed by atoms with Crippen LogP contribution in [0.2, 0.25) is 0 Å². The summed E-state index contributed by atoms with van der Waals surface area (Å²) < 4.78 is 29.0. The summed E-state index contributed by atoms with van der Waals surface area (Å²) in [6.07, 6.45) is 0.729. The van der Waals surface area contributed by atoms with E-state index < -0.39 is 11.8 Å². The summed E-state index contributed by atoms with van der Waals surface area (Å²) in [5.41, 5.74) is 1.14. The third-order valence-electron chi connectivity index (χ3n) is 5.88. The number of alkyl halides is 2. The SMILES string of the molecule is CN(C)CCC1(C)CN(C(=O)C2CN(Cc3ccccc3)CCC2(F)F)C1. The van der Waals surface area contributed by atoms with E-state index in [4.69, 9.17) is 0 Å². The highest BCUT2D eigenvalue weighted by atomic mass is 19.3. The molecule has 2 aliphatic heterocycles. The summed E-state index contributed by atoms with van der Waals surface area (Å²) in [5.74, 6) is -4.52. The Balaban J connectivity index is 1.59. The Labute approximate surface area is 161 Å². The van der Waals surface area contributed by atoms with E-state index >= 15 is 0 Å². The van der Waals surface area contributed by atoms with Gasteiger partial charge >= 0.3 is 0 Å². The topological polar surface area (TPSA) is 26.8 Å². The normalized spacial score (nSPS) is 24.7. The maximum atomic E-state index is 14.5. The molecular formula is C21H31F2N3O. The first-order valence-electron chi connectivity index (χ1n) is 9.76. The number of nitrogens with zero attached hydrogens (tertiary/aromatic N) is 3. The summed E-state index contributed by atoms with van der Waals surface area (Å²) in [6.45, 7) is 5.33. The Kier molecular flexibility index (Phi) is 5.87. The summed E-state index contributed by atoms with van der Waals surface area (Å²) in [7, 11) is 4.05. The van der Waals surface area contributed by atoms with Gasteiger partial charge in [-0.2, -0.15) is 0 Å². The minimum Gasteiger partial charge on any atom is -0.341 e. The third kappa shape index (κ3) is 4.85. The molecule has 1 amide bonds. The molecule has 0 N–H and O–H groups in total. The summed E-state index contributed by atoms with van der Waals surface area (Å²) in [4.78, 5) is 18.6. The van der Waals surface area contributed by atoms with E-state index in [1.807, 2.05) is 49.3 Å². The Morgan fingerprint density at radius 2 is 1.89 bits per heavy atom. The van der Waals surface area contributed by atoms with Gasteiger partial charge in [0.05, 0.1) is 0 Å². The van der Waals surface area contributed by atoms with Crippen molar-refractivity contribution >= 4 is 5.91 Å². The van der Waals surface area contributed by atoms with Crippen molar-refractivity contribution in [1.82, 2.24) is 14.7 Å². The van der Waals surface area contributed by atoms with Gasteiger partial charge in [0, 0.05) is 44.6 Å². The van der Waals surface area contributed by atoms with Crippen LogP contribution < -0.4 is 0 Å². The van der Waals surface area contributed by atoms with Crippen LogP contribution in [0.25, 0.3) is 0 Å². The van der Waals surface area contributed by atoms with Crippen LogP contribution >= 0.6 is 0 Å². The molecule has 2 aliphatic rings. The maximum absolute atomic E-state index is 14.5. The molecule has 1 aromatic carbocycles. The lowest BCUT2D eigenvalue weighted by atomic mass is 9.77. The molecule has 0 aliphatic carbocycles. The van der Waals surface area contributed by atoms with Crippen LogP contribution in [0.5, 0.6) is 0 Å². The predicted octanol–water partition coefficient (Wildman–Crippen LogP) is 2.94. The number of piperidine rings is 1. The smallest absolute Gasteiger partial charge is 0.262 e. The lowest BCUT2D eigenvalue weighted by Gasteiger charge is -2.51. The van der Waals surface area contributed by atoms with E-state index in [1.54, 1.807) is 4.90 Å². The largest absolute Gasteiger partial charge is 0.341 e. The molecule has 2 fully saturated rings. The lowest BCUT2D eigenvalue weighted by Crippen LogP contribution is -2.62. The molecule has 0 saturated carbocycles. The molecule has 0 radical (unpaired) electrons. The van der Waals surface area contributed by atoms with Gasteiger partial charge in [-0.15, -0.1) is 0 Å². The first kappa shape index (κ1) is 20.2. The molecule has 4 nitrogen and oxygen atoms in total. The molecule has 3 rings (SSSR count). The highest BCUT2D eigenvalue weighted by molar-refractivity contribution is 5.81. The van der Waals surface area contributed by atoms with E-state index in [0.717, 1.165) is 18.5 Å². The van der Waals surface area contributed by atoms with Crippen LogP contribution in [-0.4, -0.2) is 73.3 Å². The zero-order chi connectivity index (χ0) is 19.7. The van der Waals surface area contributed by atoms with Gasteiger partial charge in [0.25, 0.3) is 5.92 Å². The molecule has 0 bridgehead atoms. The van der Waals surface area contributed by atoms with E-state index in [0.29, 0.717) is 26.2 Å². The second kappa shape index (κ2) is 7.84. The fourth-order valence-corrected chi connectivity index (χ4v) is 4.11. The molecule has 150 valence electrons. The van der Waals surface area contributed by atoms with Gasteiger partial charge in [0.15, 0.2) is 0 Å². The van der Waals surface area contributed by atoms with Crippen LogP contribution in [0.15, 0.2) is 30.3 Å². The monoisotopic (exact) mass is 379 g/mol. The van der Waals surface area contributed by atoms with Crippen molar-refractivity contribution in [3.05, 3.63) is 35.9 Å². The first-order valence-corrected chi connectivity index (χ1v) is 9.76. The molecule has 0 spiro atoms. The average molecular weight is 379 g/mol. The second-order valence-electron chi connectivity index (χ2n) is 8.84. The van der Waals surface area contributed by atoms with Crippen LogP contribution in [-0.2, 0) is 11.3 Å². The van der Waals surface area contributed by atoms with Crippen molar-refractivity contribution in [1.29, 1.82) is 0 Å². The van der Waals surface area contributed by atoms with Crippen molar-refractivity contribution in [3.8, 4) is 0 Å². The highest BCUT2D eigenvalue weighted by Crippen LogP contribution is 2.39. The van der Waals surface area contributed by atoms with Crippen molar-refractivity contribution in [3.63, 3.8) is 0 Å². The molecule has 27 heavy (non-hydrogen) atoms. The number of rotatable bonds is 6. The van der Waals surface area contributed by atoms with Gasteiger partial charge < -0.3 is 9.80 Å². The quantitative estimate of drug-likeness (QED) is 0.760. The number of hydrogen-bond donors (Lipinski definition) is 0. The van der Waals surface area contributed by atoms with Crippen molar-refractivity contribution in [2.45, 2.75) is 32.2 Å². The van der Waals surface area contributed by atoms with Crippen molar-refractivity contribution < 1.29 is 13.6 Å². The molecule has 0 aromatic heterocycles. The van der Waals surface area contributed by atoms with Gasteiger partial charge in [-0.25, -0.2) is 8.78 Å². The lowest BCUT2D eigenvalue weighted by molar-refractivity contribution is -0.171. The average Bonchev–Trinajstić information content (AvgIpc) is 2.59. The number of likely N-dealkylation sites (tertiary alicyclic amines) is 2. The zero-order valence-corrected chi connectivity index (χ0v) is 16.6. The second-order valence-corrected chi connectivity index (χ2v) is 8.84. The fourth-order valence-electron chi connectivity index (χ4n) is 4.11. The maximum Gasteiger partial charge on any atom is 0.262 e. The Morgan fingerprint density at radius 1 is 1.22 bits per heavy atom. The van der Waals surface area contributed by atoms with E-state index in [9.17, 15) is 13.6 Å². The first-order chi connectivity index (χ1) is 12.7. The molecular weight excluding hydrogens is 348 g/mol.